The molecule has 0 aliphatic carbocycles. The number of aromatic nitrogens is 1. The van der Waals surface area contributed by atoms with E-state index >= 15 is 0 Å². The smallest absolute Gasteiger partial charge is 0.335 e. The van der Waals surface area contributed by atoms with E-state index in [2.05, 4.69) is 15.6 Å². The van der Waals surface area contributed by atoms with Crippen molar-refractivity contribution in [2.45, 2.75) is 25.4 Å². The highest BCUT2D eigenvalue weighted by molar-refractivity contribution is 7.80. The summed E-state index contributed by atoms with van der Waals surface area (Å²) in [5.74, 6) is 0.163. The fourth-order valence-electron chi connectivity index (χ4n) is 4.57. The topological polar surface area (TPSA) is 108 Å². The highest BCUT2D eigenvalue weighted by Crippen LogP contribution is 2.40. The molecule has 1 fully saturated rings. The summed E-state index contributed by atoms with van der Waals surface area (Å²) in [7, 11) is 0. The SMILES string of the molecule is Cc1cccc(NC(=O)CCN2C(=S)N[C@H](c3ccccn3)[C@@H]2c2ccc(-c3ccc(C(=O)O)cc3)o2)c1. The molecule has 2 atom stereocenters. The van der Waals surface area contributed by atoms with Gasteiger partial charge < -0.3 is 25.1 Å². The fourth-order valence-corrected chi connectivity index (χ4v) is 4.90. The molecule has 0 spiro atoms. The zero-order valence-corrected chi connectivity index (χ0v) is 21.4. The van der Waals surface area contributed by atoms with E-state index in [1.807, 2.05) is 66.4 Å². The van der Waals surface area contributed by atoms with Crippen LogP contribution in [0.1, 0.15) is 45.9 Å². The molecule has 4 aromatic rings. The first-order chi connectivity index (χ1) is 18.4. The summed E-state index contributed by atoms with van der Waals surface area (Å²) < 4.78 is 6.28. The van der Waals surface area contributed by atoms with Crippen LogP contribution in [0.3, 0.4) is 0 Å². The molecular weight excluding hydrogens is 500 g/mol. The third-order valence-electron chi connectivity index (χ3n) is 6.41. The Morgan fingerprint density at radius 3 is 2.61 bits per heavy atom. The Kier molecular flexibility index (Phi) is 7.19. The molecule has 0 bridgehead atoms. The van der Waals surface area contributed by atoms with Crippen molar-refractivity contribution in [2.75, 3.05) is 11.9 Å². The van der Waals surface area contributed by atoms with Gasteiger partial charge in [-0.05, 0) is 73.2 Å². The highest BCUT2D eigenvalue weighted by atomic mass is 32.1. The van der Waals surface area contributed by atoms with Crippen LogP contribution in [0.25, 0.3) is 11.3 Å². The van der Waals surface area contributed by atoms with Crippen molar-refractivity contribution in [1.82, 2.24) is 15.2 Å². The molecule has 2 aromatic carbocycles. The van der Waals surface area contributed by atoms with Crippen molar-refractivity contribution in [3.63, 3.8) is 0 Å². The molecule has 1 saturated heterocycles. The number of carbonyl (C=O) groups excluding carboxylic acids is 1. The van der Waals surface area contributed by atoms with Crippen LogP contribution < -0.4 is 10.6 Å². The van der Waals surface area contributed by atoms with Gasteiger partial charge in [-0.1, -0.05) is 30.3 Å². The normalized spacial score (nSPS) is 16.8. The second-order valence-electron chi connectivity index (χ2n) is 9.07. The minimum Gasteiger partial charge on any atom is -0.478 e. The van der Waals surface area contributed by atoms with Gasteiger partial charge in [0.1, 0.15) is 17.6 Å². The van der Waals surface area contributed by atoms with Crippen molar-refractivity contribution < 1.29 is 19.1 Å². The Morgan fingerprint density at radius 1 is 1.08 bits per heavy atom. The van der Waals surface area contributed by atoms with Crippen molar-refractivity contribution in [1.29, 1.82) is 0 Å². The van der Waals surface area contributed by atoms with E-state index in [0.717, 1.165) is 22.5 Å². The number of pyridine rings is 1. The molecule has 9 heteroatoms. The van der Waals surface area contributed by atoms with Crippen molar-refractivity contribution >= 4 is 34.9 Å². The molecule has 2 aromatic heterocycles. The fraction of sp³-hybridized carbons (Fsp3) is 0.172. The number of hydrogen-bond acceptors (Lipinski definition) is 5. The van der Waals surface area contributed by atoms with Crippen LogP contribution in [0.15, 0.2) is 89.5 Å². The standard InChI is InChI=1S/C29H26N4O4S/c1-18-5-4-6-21(17-18)31-25(34)14-16-33-27(26(32-29(33)38)22-7-2-3-15-30-22)24-13-12-23(37-24)19-8-10-20(11-9-19)28(35)36/h2-13,15,17,26-27H,14,16H2,1H3,(H,31,34)(H,32,38)(H,35,36)/t26-,27+/m1/s1. The number of nitrogens with zero attached hydrogens (tertiary/aromatic N) is 2. The molecule has 38 heavy (non-hydrogen) atoms. The molecule has 3 heterocycles. The zero-order valence-electron chi connectivity index (χ0n) is 20.6. The molecular formula is C29H26N4O4S. The van der Waals surface area contributed by atoms with Crippen LogP contribution in [0, 0.1) is 6.92 Å². The molecule has 0 saturated carbocycles. The van der Waals surface area contributed by atoms with Crippen LogP contribution in [0.2, 0.25) is 0 Å². The maximum Gasteiger partial charge on any atom is 0.335 e. The maximum atomic E-state index is 12.8. The number of carboxylic acid groups (broad SMARTS) is 1. The number of furan rings is 1. The number of benzene rings is 2. The van der Waals surface area contributed by atoms with Gasteiger partial charge in [0, 0.05) is 30.4 Å². The zero-order chi connectivity index (χ0) is 26.6. The van der Waals surface area contributed by atoms with E-state index in [1.165, 1.54) is 0 Å². The van der Waals surface area contributed by atoms with Crippen molar-refractivity contribution in [3.8, 4) is 11.3 Å². The summed E-state index contributed by atoms with van der Waals surface area (Å²) >= 11 is 5.69. The number of aryl methyl sites for hydroxylation is 1. The van der Waals surface area contributed by atoms with Crippen LogP contribution in [0.5, 0.6) is 0 Å². The molecule has 192 valence electrons. The monoisotopic (exact) mass is 526 g/mol. The Balaban J connectivity index is 1.39. The predicted molar refractivity (Wildman–Crippen MR) is 148 cm³/mol. The molecule has 3 N–H and O–H groups in total. The van der Waals surface area contributed by atoms with E-state index in [0.29, 0.717) is 23.2 Å². The second kappa shape index (κ2) is 10.9. The Bertz CT molecular complexity index is 1470. The van der Waals surface area contributed by atoms with Gasteiger partial charge in [-0.25, -0.2) is 4.79 Å². The van der Waals surface area contributed by atoms with E-state index in [4.69, 9.17) is 16.6 Å². The molecule has 5 rings (SSSR count). The summed E-state index contributed by atoms with van der Waals surface area (Å²) in [6.07, 6.45) is 1.96. The number of thiocarbonyl (C=S) groups is 1. The van der Waals surface area contributed by atoms with Gasteiger partial charge in [-0.2, -0.15) is 0 Å². The molecule has 1 aliphatic heterocycles. The van der Waals surface area contributed by atoms with E-state index in [9.17, 15) is 14.7 Å². The lowest BCUT2D eigenvalue weighted by Crippen LogP contribution is -2.32. The average Bonchev–Trinajstić information content (AvgIpc) is 3.52. The van der Waals surface area contributed by atoms with E-state index in [-0.39, 0.29) is 30.0 Å². The van der Waals surface area contributed by atoms with Gasteiger partial charge in [-0.15, -0.1) is 0 Å². The first-order valence-corrected chi connectivity index (χ1v) is 12.6. The van der Waals surface area contributed by atoms with Crippen LogP contribution in [0.4, 0.5) is 5.69 Å². The van der Waals surface area contributed by atoms with Crippen LogP contribution in [-0.2, 0) is 4.79 Å². The van der Waals surface area contributed by atoms with Gasteiger partial charge in [0.2, 0.25) is 5.91 Å². The lowest BCUT2D eigenvalue weighted by Gasteiger charge is -2.25. The van der Waals surface area contributed by atoms with Gasteiger partial charge in [0.15, 0.2) is 5.11 Å². The number of rotatable bonds is 8. The van der Waals surface area contributed by atoms with Crippen LogP contribution in [-0.4, -0.2) is 38.5 Å². The van der Waals surface area contributed by atoms with Gasteiger partial charge in [0.05, 0.1) is 17.3 Å². The van der Waals surface area contributed by atoms with Crippen molar-refractivity contribution in [3.05, 3.63) is 108 Å². The van der Waals surface area contributed by atoms with Crippen LogP contribution >= 0.6 is 12.2 Å². The minimum atomic E-state index is -0.984. The first kappa shape index (κ1) is 25.2. The lowest BCUT2D eigenvalue weighted by atomic mass is 10.0. The van der Waals surface area contributed by atoms with E-state index < -0.39 is 5.97 Å². The summed E-state index contributed by atoms with van der Waals surface area (Å²) in [5.41, 5.74) is 3.58. The lowest BCUT2D eigenvalue weighted by molar-refractivity contribution is -0.116. The van der Waals surface area contributed by atoms with Gasteiger partial charge in [-0.3, -0.25) is 9.78 Å². The highest BCUT2D eigenvalue weighted by Gasteiger charge is 2.41. The largest absolute Gasteiger partial charge is 0.478 e. The number of aromatic carboxylic acids is 1. The number of anilines is 1. The van der Waals surface area contributed by atoms with E-state index in [1.54, 1.807) is 30.5 Å². The average molecular weight is 527 g/mol. The van der Waals surface area contributed by atoms with Gasteiger partial charge >= 0.3 is 5.97 Å². The summed E-state index contributed by atoms with van der Waals surface area (Å²) in [6, 6.07) is 23.0. The second-order valence-corrected chi connectivity index (χ2v) is 9.46. The number of carbonyl (C=O) groups is 2. The number of amides is 1. The Morgan fingerprint density at radius 2 is 1.89 bits per heavy atom. The maximum absolute atomic E-state index is 12.8. The summed E-state index contributed by atoms with van der Waals surface area (Å²) in [5, 5.41) is 16.0. The quantitative estimate of drug-likeness (QED) is 0.264. The van der Waals surface area contributed by atoms with Gasteiger partial charge in [0.25, 0.3) is 0 Å². The Hall–Kier alpha value is -4.50. The molecule has 8 nitrogen and oxygen atoms in total. The summed E-state index contributed by atoms with van der Waals surface area (Å²) in [6.45, 7) is 2.35. The number of hydrogen-bond donors (Lipinski definition) is 3. The third kappa shape index (κ3) is 5.42. The molecule has 0 unspecified atom stereocenters. The predicted octanol–water partition coefficient (Wildman–Crippen LogP) is 5.35. The molecule has 1 amide bonds. The molecule has 0 radical (unpaired) electrons. The number of carboxylic acids is 1. The minimum absolute atomic E-state index is 0.114. The third-order valence-corrected chi connectivity index (χ3v) is 6.77. The number of nitrogens with one attached hydrogen (secondary N) is 2. The first-order valence-electron chi connectivity index (χ1n) is 12.2. The Labute approximate surface area is 225 Å². The molecule has 1 aliphatic rings. The summed E-state index contributed by atoms with van der Waals surface area (Å²) in [4.78, 5) is 30.5. The van der Waals surface area contributed by atoms with Crippen molar-refractivity contribution in [2.24, 2.45) is 0 Å².